The third-order valence-electron chi connectivity index (χ3n) is 5.72. The minimum absolute atomic E-state index is 0.0396. The van der Waals surface area contributed by atoms with E-state index in [2.05, 4.69) is 4.72 Å². The van der Waals surface area contributed by atoms with Crippen molar-refractivity contribution < 1.29 is 31.0 Å². The summed E-state index contributed by atoms with van der Waals surface area (Å²) in [4.78, 5) is 0.116. The molecule has 1 aliphatic heterocycles. The molecule has 0 fully saturated rings. The average molecular weight is 519 g/mol. The van der Waals surface area contributed by atoms with Gasteiger partial charge in [0.1, 0.15) is 22.1 Å². The molecule has 0 unspecified atom stereocenters. The van der Waals surface area contributed by atoms with Crippen LogP contribution in [0.2, 0.25) is 0 Å². The summed E-state index contributed by atoms with van der Waals surface area (Å²) in [5, 5.41) is 0. The lowest BCUT2D eigenvalue weighted by Gasteiger charge is -2.31. The molecule has 0 bridgehead atoms. The average Bonchev–Trinajstić information content (AvgIpc) is 2.87. The molecule has 186 valence electrons. The molecule has 0 saturated carbocycles. The molecule has 1 aliphatic rings. The summed E-state index contributed by atoms with van der Waals surface area (Å²) in [6, 6.07) is 15.5. The van der Waals surface area contributed by atoms with E-state index < -0.39 is 20.0 Å². The van der Waals surface area contributed by atoms with E-state index in [0.29, 0.717) is 42.3 Å². The Hall–Kier alpha value is -3.44. The highest BCUT2D eigenvalue weighted by Gasteiger charge is 2.30. The van der Waals surface area contributed by atoms with Crippen LogP contribution in [-0.2, 0) is 26.5 Å². The molecule has 11 heteroatoms. The molecule has 0 atom stereocenters. The quantitative estimate of drug-likeness (QED) is 0.484. The van der Waals surface area contributed by atoms with Crippen LogP contribution in [0.3, 0.4) is 0 Å². The molecular formula is C24H26N2O7S2. The van der Waals surface area contributed by atoms with E-state index in [1.54, 1.807) is 30.3 Å². The summed E-state index contributed by atoms with van der Waals surface area (Å²) in [6.45, 7) is 0.329. The predicted molar refractivity (Wildman–Crippen MR) is 133 cm³/mol. The summed E-state index contributed by atoms with van der Waals surface area (Å²) in [7, 11) is -3.40. The van der Waals surface area contributed by atoms with Crippen LogP contribution in [0.5, 0.6) is 17.2 Å². The maximum Gasteiger partial charge on any atom is 0.265 e. The number of ether oxygens (including phenoxy) is 3. The van der Waals surface area contributed by atoms with Gasteiger partial charge in [-0.15, -0.1) is 0 Å². The Morgan fingerprint density at radius 3 is 2.14 bits per heavy atom. The zero-order chi connectivity index (χ0) is 25.2. The van der Waals surface area contributed by atoms with Gasteiger partial charge in [-0.05, 0) is 73.0 Å². The number of fused-ring (bicyclic) bond motifs is 1. The number of methoxy groups -OCH3 is 3. The highest BCUT2D eigenvalue weighted by atomic mass is 32.2. The Bertz CT molecular complexity index is 1440. The van der Waals surface area contributed by atoms with Crippen molar-refractivity contribution in [3.63, 3.8) is 0 Å². The van der Waals surface area contributed by atoms with Crippen LogP contribution in [0, 0.1) is 0 Å². The van der Waals surface area contributed by atoms with E-state index in [4.69, 9.17) is 14.2 Å². The lowest BCUT2D eigenvalue weighted by atomic mass is 10.0. The van der Waals surface area contributed by atoms with Crippen molar-refractivity contribution >= 4 is 31.4 Å². The van der Waals surface area contributed by atoms with Gasteiger partial charge in [-0.1, -0.05) is 0 Å². The Balaban J connectivity index is 1.64. The summed E-state index contributed by atoms with van der Waals surface area (Å²) >= 11 is 0. The lowest BCUT2D eigenvalue weighted by molar-refractivity contribution is 0.386. The molecule has 3 aromatic carbocycles. The molecule has 0 saturated heterocycles. The van der Waals surface area contributed by atoms with Crippen molar-refractivity contribution in [3.8, 4) is 17.2 Å². The van der Waals surface area contributed by atoms with Crippen LogP contribution in [0.1, 0.15) is 12.0 Å². The van der Waals surface area contributed by atoms with Crippen molar-refractivity contribution in [1.82, 2.24) is 0 Å². The first kappa shape index (κ1) is 24.7. The van der Waals surface area contributed by atoms with E-state index in [0.717, 1.165) is 5.56 Å². The smallest absolute Gasteiger partial charge is 0.265 e. The molecule has 0 aromatic heterocycles. The number of hydrogen-bond donors (Lipinski definition) is 1. The van der Waals surface area contributed by atoms with Gasteiger partial charge in [0.05, 0.1) is 31.9 Å². The van der Waals surface area contributed by atoms with Gasteiger partial charge in [-0.25, -0.2) is 16.8 Å². The summed E-state index contributed by atoms with van der Waals surface area (Å²) in [5.74, 6) is 1.17. The fourth-order valence-electron chi connectivity index (χ4n) is 3.96. The Kier molecular flexibility index (Phi) is 6.82. The molecule has 3 aromatic rings. The van der Waals surface area contributed by atoms with Crippen LogP contribution in [-0.4, -0.2) is 44.7 Å². The zero-order valence-corrected chi connectivity index (χ0v) is 21.1. The largest absolute Gasteiger partial charge is 0.497 e. The Labute approximate surface area is 205 Å². The normalized spacial score (nSPS) is 13.6. The molecule has 1 N–H and O–H groups in total. The highest BCUT2D eigenvalue weighted by molar-refractivity contribution is 7.93. The monoisotopic (exact) mass is 518 g/mol. The van der Waals surface area contributed by atoms with Crippen molar-refractivity contribution in [3.05, 3.63) is 66.2 Å². The van der Waals surface area contributed by atoms with Crippen molar-refractivity contribution in [2.45, 2.75) is 22.6 Å². The van der Waals surface area contributed by atoms with Gasteiger partial charge >= 0.3 is 0 Å². The first-order valence-corrected chi connectivity index (χ1v) is 13.7. The second kappa shape index (κ2) is 9.67. The van der Waals surface area contributed by atoms with Crippen molar-refractivity contribution in [2.75, 3.05) is 36.9 Å². The van der Waals surface area contributed by atoms with Crippen LogP contribution in [0.25, 0.3) is 0 Å². The van der Waals surface area contributed by atoms with E-state index in [9.17, 15) is 16.8 Å². The van der Waals surface area contributed by atoms with E-state index in [1.807, 2.05) is 0 Å². The zero-order valence-electron chi connectivity index (χ0n) is 19.5. The van der Waals surface area contributed by atoms with Gasteiger partial charge in [0.2, 0.25) is 0 Å². The van der Waals surface area contributed by atoms with Crippen LogP contribution < -0.4 is 23.2 Å². The van der Waals surface area contributed by atoms with Crippen LogP contribution in [0.15, 0.2) is 70.5 Å². The Morgan fingerprint density at radius 2 is 1.49 bits per heavy atom. The van der Waals surface area contributed by atoms with Crippen molar-refractivity contribution in [1.29, 1.82) is 0 Å². The van der Waals surface area contributed by atoms with Gasteiger partial charge in [-0.2, -0.15) is 0 Å². The molecule has 4 rings (SSSR count). The SMILES string of the molecule is COc1ccc(S(=O)(=O)N2CCCc3cc(NS(=O)(=O)c4ccc(OC)cc4OC)ccc32)cc1. The topological polar surface area (TPSA) is 111 Å². The van der Waals surface area contributed by atoms with Gasteiger partial charge in [0.15, 0.2) is 0 Å². The first-order chi connectivity index (χ1) is 16.7. The number of aryl methyl sites for hydroxylation is 1. The fraction of sp³-hybridized carbons (Fsp3) is 0.250. The second-order valence-corrected chi connectivity index (χ2v) is 11.3. The molecular weight excluding hydrogens is 492 g/mol. The standard InChI is InChI=1S/C24H26N2O7S2/c1-31-19-7-10-21(11-8-19)35(29,30)26-14-4-5-17-15-18(6-12-22(17)26)25-34(27,28)24-13-9-20(32-2)16-23(24)33-3/h6-13,15-16,25H,4-5,14H2,1-3H3. The summed E-state index contributed by atoms with van der Waals surface area (Å²) < 4.78 is 72.2. The number of sulfonamides is 2. The summed E-state index contributed by atoms with van der Waals surface area (Å²) in [6.07, 6.45) is 1.22. The number of benzene rings is 3. The maximum atomic E-state index is 13.3. The second-order valence-electron chi connectivity index (χ2n) is 7.82. The lowest BCUT2D eigenvalue weighted by Crippen LogP contribution is -2.35. The van der Waals surface area contributed by atoms with Gasteiger partial charge in [0, 0.05) is 18.3 Å². The number of nitrogens with zero attached hydrogens (tertiary/aromatic N) is 1. The first-order valence-electron chi connectivity index (χ1n) is 10.7. The van der Waals surface area contributed by atoms with Gasteiger partial charge in [0.25, 0.3) is 20.0 Å². The fourth-order valence-corrected chi connectivity index (χ4v) is 6.70. The molecule has 9 nitrogen and oxygen atoms in total. The third-order valence-corrected chi connectivity index (χ3v) is 8.96. The number of nitrogens with one attached hydrogen (secondary N) is 1. The van der Waals surface area contributed by atoms with E-state index in [1.165, 1.54) is 56.0 Å². The Morgan fingerprint density at radius 1 is 0.800 bits per heavy atom. The molecule has 0 aliphatic carbocycles. The number of rotatable bonds is 8. The molecule has 0 amide bonds. The maximum absolute atomic E-state index is 13.3. The molecule has 0 radical (unpaired) electrons. The van der Waals surface area contributed by atoms with Crippen LogP contribution in [0.4, 0.5) is 11.4 Å². The third kappa shape index (κ3) is 4.87. The predicted octanol–water partition coefficient (Wildman–Crippen LogP) is 3.65. The summed E-state index contributed by atoms with van der Waals surface area (Å²) in [5.41, 5.74) is 1.58. The van der Waals surface area contributed by atoms with E-state index >= 15 is 0 Å². The minimum atomic E-state index is -3.97. The van der Waals surface area contributed by atoms with Gasteiger partial charge in [-0.3, -0.25) is 9.03 Å². The number of anilines is 2. The minimum Gasteiger partial charge on any atom is -0.497 e. The van der Waals surface area contributed by atoms with Crippen LogP contribution >= 0.6 is 0 Å². The molecule has 0 spiro atoms. The number of hydrogen-bond acceptors (Lipinski definition) is 7. The van der Waals surface area contributed by atoms with Crippen molar-refractivity contribution in [2.24, 2.45) is 0 Å². The molecule has 1 heterocycles. The molecule has 35 heavy (non-hydrogen) atoms. The van der Waals surface area contributed by atoms with E-state index in [-0.39, 0.29) is 15.5 Å². The van der Waals surface area contributed by atoms with Gasteiger partial charge < -0.3 is 14.2 Å². The highest BCUT2D eigenvalue weighted by Crippen LogP contribution is 2.35.